The van der Waals surface area contributed by atoms with Crippen LogP contribution in [-0.2, 0) is 13.0 Å². The summed E-state index contributed by atoms with van der Waals surface area (Å²) in [5.74, 6) is 0. The van der Waals surface area contributed by atoms with Gasteiger partial charge in [-0.05, 0) is 19.3 Å². The number of nitrogens with zero attached hydrogens (tertiary/aromatic N) is 4. The molecule has 2 aromatic rings. The van der Waals surface area contributed by atoms with Crippen LogP contribution in [0.4, 0.5) is 9.93 Å². The van der Waals surface area contributed by atoms with Crippen molar-refractivity contribution < 1.29 is 9.90 Å². The first-order valence-corrected chi connectivity index (χ1v) is 7.65. The zero-order chi connectivity index (χ0) is 14.7. The zero-order valence-electron chi connectivity index (χ0n) is 11.3. The van der Waals surface area contributed by atoms with E-state index in [1.165, 1.54) is 11.3 Å². The largest absolute Gasteiger partial charge is 0.394 e. The average molecular weight is 308 g/mol. The number of urea groups is 1. The summed E-state index contributed by atoms with van der Waals surface area (Å²) in [4.78, 5) is 12.0. The number of carbonyl (C=O) groups excluding carboxylic acids is 1. The third kappa shape index (κ3) is 3.03. The van der Waals surface area contributed by atoms with E-state index in [2.05, 4.69) is 25.9 Å². The van der Waals surface area contributed by atoms with Crippen molar-refractivity contribution in [3.8, 4) is 0 Å². The van der Waals surface area contributed by atoms with Crippen LogP contribution >= 0.6 is 11.3 Å². The molecule has 2 amide bonds. The Morgan fingerprint density at radius 3 is 3.24 bits per heavy atom. The van der Waals surface area contributed by atoms with E-state index in [1.807, 2.05) is 4.68 Å². The van der Waals surface area contributed by atoms with Gasteiger partial charge in [-0.3, -0.25) is 10.00 Å². The van der Waals surface area contributed by atoms with E-state index in [1.54, 1.807) is 11.7 Å². The number of aliphatic hydroxyl groups excluding tert-OH is 1. The van der Waals surface area contributed by atoms with Crippen molar-refractivity contribution in [3.05, 3.63) is 23.0 Å². The quantitative estimate of drug-likeness (QED) is 0.779. The molecule has 2 heterocycles. The molecular weight excluding hydrogens is 292 g/mol. The first-order valence-electron chi connectivity index (χ1n) is 6.77. The summed E-state index contributed by atoms with van der Waals surface area (Å²) in [6, 6.07) is -0.353. The molecule has 3 N–H and O–H groups in total. The number of amides is 2. The summed E-state index contributed by atoms with van der Waals surface area (Å²) in [5.41, 5.74) is 3.69. The number of carbonyl (C=O) groups is 1. The second-order valence-corrected chi connectivity index (χ2v) is 5.61. The predicted molar refractivity (Wildman–Crippen MR) is 77.1 cm³/mol. The molecule has 1 atom stereocenters. The number of aliphatic hydroxyl groups is 1. The molecule has 9 heteroatoms. The highest BCUT2D eigenvalue weighted by atomic mass is 32.1. The van der Waals surface area contributed by atoms with Crippen LogP contribution in [-0.4, -0.2) is 37.7 Å². The van der Waals surface area contributed by atoms with Gasteiger partial charge in [0.25, 0.3) is 0 Å². The molecule has 0 spiro atoms. The molecule has 112 valence electrons. The van der Waals surface area contributed by atoms with Crippen molar-refractivity contribution in [1.82, 2.24) is 25.3 Å². The van der Waals surface area contributed by atoms with Crippen molar-refractivity contribution >= 4 is 22.5 Å². The number of anilines is 1. The van der Waals surface area contributed by atoms with E-state index in [-0.39, 0.29) is 18.7 Å². The average Bonchev–Trinajstić information content (AvgIpc) is 3.10. The number of aromatic nitrogens is 4. The van der Waals surface area contributed by atoms with Crippen molar-refractivity contribution in [3.63, 3.8) is 0 Å². The summed E-state index contributed by atoms with van der Waals surface area (Å²) in [5, 5.41) is 26.8. The fourth-order valence-corrected chi connectivity index (χ4v) is 3.02. The van der Waals surface area contributed by atoms with Gasteiger partial charge in [-0.25, -0.2) is 4.79 Å². The Morgan fingerprint density at radius 1 is 1.57 bits per heavy atom. The first-order chi connectivity index (χ1) is 10.3. The lowest BCUT2D eigenvalue weighted by atomic mass is 9.93. The molecule has 2 aromatic heterocycles. The zero-order valence-corrected chi connectivity index (χ0v) is 12.1. The van der Waals surface area contributed by atoms with Gasteiger partial charge in [0.15, 0.2) is 0 Å². The maximum Gasteiger partial charge on any atom is 0.321 e. The topological polar surface area (TPSA) is 105 Å². The second-order valence-electron chi connectivity index (χ2n) is 4.78. The number of hydrogen-bond donors (Lipinski definition) is 3. The molecule has 0 radical (unpaired) electrons. The third-order valence-corrected chi connectivity index (χ3v) is 4.07. The van der Waals surface area contributed by atoms with Crippen LogP contribution in [0.2, 0.25) is 0 Å². The standard InChI is InChI=1S/C12H16N6O2S/c19-5-4-18-10-3-1-2-9(8(10)6-14-18)15-11(20)16-12-17-13-7-21-12/h6-7,9,19H,1-5H2,(H2,15,16,17,20)/t9-/m1/s1. The van der Waals surface area contributed by atoms with E-state index >= 15 is 0 Å². The van der Waals surface area contributed by atoms with Crippen molar-refractivity contribution in [2.45, 2.75) is 31.8 Å². The number of nitrogens with one attached hydrogen (secondary N) is 2. The highest BCUT2D eigenvalue weighted by Crippen LogP contribution is 2.29. The maximum atomic E-state index is 12.0. The summed E-state index contributed by atoms with van der Waals surface area (Å²) >= 11 is 1.27. The molecule has 0 aliphatic heterocycles. The summed E-state index contributed by atoms with van der Waals surface area (Å²) in [6.07, 6.45) is 4.56. The monoisotopic (exact) mass is 308 g/mol. The van der Waals surface area contributed by atoms with Crippen LogP contribution in [0.5, 0.6) is 0 Å². The second kappa shape index (κ2) is 6.19. The Morgan fingerprint density at radius 2 is 2.48 bits per heavy atom. The fourth-order valence-electron chi connectivity index (χ4n) is 2.58. The Kier molecular flexibility index (Phi) is 4.11. The molecule has 0 aromatic carbocycles. The van der Waals surface area contributed by atoms with Gasteiger partial charge in [0.05, 0.1) is 25.4 Å². The van der Waals surface area contributed by atoms with Gasteiger partial charge in [-0.1, -0.05) is 11.3 Å². The number of hydrogen-bond acceptors (Lipinski definition) is 6. The van der Waals surface area contributed by atoms with Crippen LogP contribution in [0.25, 0.3) is 0 Å². The first kappa shape index (κ1) is 14.0. The molecule has 1 aliphatic carbocycles. The Labute approximate surface area is 125 Å². The Balaban J connectivity index is 1.69. The minimum atomic E-state index is -0.292. The highest BCUT2D eigenvalue weighted by Gasteiger charge is 2.25. The lowest BCUT2D eigenvalue weighted by molar-refractivity contribution is 0.246. The normalized spacial score (nSPS) is 17.3. The van der Waals surface area contributed by atoms with E-state index in [4.69, 9.17) is 5.11 Å². The van der Waals surface area contributed by atoms with E-state index in [0.717, 1.165) is 30.5 Å². The van der Waals surface area contributed by atoms with Crippen LogP contribution in [0.1, 0.15) is 30.1 Å². The minimum absolute atomic E-state index is 0.0593. The van der Waals surface area contributed by atoms with Gasteiger partial charge in [0.2, 0.25) is 5.13 Å². The summed E-state index contributed by atoms with van der Waals surface area (Å²) in [6.45, 7) is 0.544. The Bertz CT molecular complexity index is 611. The van der Waals surface area contributed by atoms with Crippen molar-refractivity contribution in [2.75, 3.05) is 11.9 Å². The lowest BCUT2D eigenvalue weighted by Crippen LogP contribution is -2.34. The van der Waals surface area contributed by atoms with Crippen molar-refractivity contribution in [2.24, 2.45) is 0 Å². The van der Waals surface area contributed by atoms with E-state index in [9.17, 15) is 4.79 Å². The van der Waals surface area contributed by atoms with Gasteiger partial charge in [-0.2, -0.15) is 5.10 Å². The summed E-state index contributed by atoms with van der Waals surface area (Å²) in [7, 11) is 0. The predicted octanol–water partition coefficient (Wildman–Crippen LogP) is 0.926. The van der Waals surface area contributed by atoms with Crippen LogP contribution in [0.15, 0.2) is 11.7 Å². The molecular formula is C12H16N6O2S. The van der Waals surface area contributed by atoms with E-state index in [0.29, 0.717) is 11.7 Å². The molecule has 1 aliphatic rings. The third-order valence-electron chi connectivity index (χ3n) is 3.46. The molecule has 0 saturated carbocycles. The smallest absolute Gasteiger partial charge is 0.321 e. The molecule has 3 rings (SSSR count). The van der Waals surface area contributed by atoms with Gasteiger partial charge in [0, 0.05) is 11.3 Å². The lowest BCUT2D eigenvalue weighted by Gasteiger charge is -2.24. The molecule has 0 bridgehead atoms. The molecule has 0 fully saturated rings. The van der Waals surface area contributed by atoms with Gasteiger partial charge in [0.1, 0.15) is 5.51 Å². The van der Waals surface area contributed by atoms with E-state index < -0.39 is 0 Å². The summed E-state index contributed by atoms with van der Waals surface area (Å²) < 4.78 is 1.81. The van der Waals surface area contributed by atoms with Crippen LogP contribution in [0.3, 0.4) is 0 Å². The highest BCUT2D eigenvalue weighted by molar-refractivity contribution is 7.13. The van der Waals surface area contributed by atoms with Crippen LogP contribution < -0.4 is 10.6 Å². The fraction of sp³-hybridized carbons (Fsp3) is 0.500. The van der Waals surface area contributed by atoms with Gasteiger partial charge < -0.3 is 10.4 Å². The number of rotatable bonds is 4. The van der Waals surface area contributed by atoms with Crippen molar-refractivity contribution in [1.29, 1.82) is 0 Å². The van der Waals surface area contributed by atoms with Crippen LogP contribution in [0, 0.1) is 0 Å². The molecule has 8 nitrogen and oxygen atoms in total. The van der Waals surface area contributed by atoms with Gasteiger partial charge in [-0.15, -0.1) is 10.2 Å². The minimum Gasteiger partial charge on any atom is -0.394 e. The van der Waals surface area contributed by atoms with Gasteiger partial charge >= 0.3 is 6.03 Å². The molecule has 0 saturated heterocycles. The Hall–Kier alpha value is -2.00. The SMILES string of the molecule is O=C(Nc1nncs1)N[C@@H]1CCCc2c1cnn2CCO. The maximum absolute atomic E-state index is 12.0. The number of fused-ring (bicyclic) bond motifs is 1. The molecule has 0 unspecified atom stereocenters. The molecule has 21 heavy (non-hydrogen) atoms.